The summed E-state index contributed by atoms with van der Waals surface area (Å²) in [5.41, 5.74) is 1.03. The molecule has 1 aromatic carbocycles. The van der Waals surface area contributed by atoms with E-state index in [2.05, 4.69) is 4.98 Å². The Kier molecular flexibility index (Phi) is 5.03. The molecule has 0 saturated carbocycles. The molecule has 1 aliphatic heterocycles. The molecule has 6 nitrogen and oxygen atoms in total. The van der Waals surface area contributed by atoms with Gasteiger partial charge < -0.3 is 18.8 Å². The molecule has 0 atom stereocenters. The molecule has 2 aromatic rings. The van der Waals surface area contributed by atoms with Gasteiger partial charge in [0.15, 0.2) is 0 Å². The van der Waals surface area contributed by atoms with Gasteiger partial charge in [-0.15, -0.1) is 0 Å². The van der Waals surface area contributed by atoms with Crippen LogP contribution in [0.1, 0.15) is 36.7 Å². The van der Waals surface area contributed by atoms with E-state index in [0.717, 1.165) is 43.7 Å². The second kappa shape index (κ2) is 7.38. The Morgan fingerprint density at radius 2 is 1.92 bits per heavy atom. The van der Waals surface area contributed by atoms with Gasteiger partial charge in [0.1, 0.15) is 5.75 Å². The maximum absolute atomic E-state index is 12.7. The number of carbonyl (C=O) groups is 1. The van der Waals surface area contributed by atoms with E-state index in [1.165, 1.54) is 0 Å². The fraction of sp³-hybridized carbons (Fsp3) is 0.444. The summed E-state index contributed by atoms with van der Waals surface area (Å²) in [5, 5.41) is 0. The SMILES string of the molecule is CCOc1oc(-c2ccc(OC)cc2)nc1C(=O)N1CCCCC1. The van der Waals surface area contributed by atoms with Crippen molar-refractivity contribution in [2.24, 2.45) is 0 Å². The highest BCUT2D eigenvalue weighted by molar-refractivity contribution is 5.95. The van der Waals surface area contributed by atoms with Crippen molar-refractivity contribution in [1.29, 1.82) is 0 Å². The summed E-state index contributed by atoms with van der Waals surface area (Å²) in [4.78, 5) is 19.0. The Labute approximate surface area is 141 Å². The molecule has 24 heavy (non-hydrogen) atoms. The molecule has 0 unspecified atom stereocenters. The monoisotopic (exact) mass is 330 g/mol. The minimum Gasteiger partial charge on any atom is -0.497 e. The number of benzene rings is 1. The van der Waals surface area contributed by atoms with Crippen LogP contribution in [-0.4, -0.2) is 42.6 Å². The summed E-state index contributed by atoms with van der Waals surface area (Å²) in [6.45, 7) is 3.78. The molecule has 0 spiro atoms. The van der Waals surface area contributed by atoms with Crippen molar-refractivity contribution >= 4 is 5.91 Å². The van der Waals surface area contributed by atoms with Gasteiger partial charge in [-0.25, -0.2) is 0 Å². The van der Waals surface area contributed by atoms with E-state index in [4.69, 9.17) is 13.9 Å². The smallest absolute Gasteiger partial charge is 0.319 e. The first-order chi connectivity index (χ1) is 11.7. The van der Waals surface area contributed by atoms with E-state index >= 15 is 0 Å². The summed E-state index contributed by atoms with van der Waals surface area (Å²) >= 11 is 0. The number of aromatic nitrogens is 1. The number of rotatable bonds is 5. The molecule has 0 aliphatic carbocycles. The van der Waals surface area contributed by atoms with Crippen molar-refractivity contribution in [3.8, 4) is 23.1 Å². The third-order valence-corrected chi connectivity index (χ3v) is 4.05. The van der Waals surface area contributed by atoms with Gasteiger partial charge in [0.05, 0.1) is 13.7 Å². The lowest BCUT2D eigenvalue weighted by Gasteiger charge is -2.25. The zero-order chi connectivity index (χ0) is 16.9. The van der Waals surface area contributed by atoms with Crippen molar-refractivity contribution < 1.29 is 18.7 Å². The number of carbonyl (C=O) groups excluding carboxylic acids is 1. The Bertz CT molecular complexity index is 688. The van der Waals surface area contributed by atoms with Gasteiger partial charge >= 0.3 is 5.95 Å². The van der Waals surface area contributed by atoms with Gasteiger partial charge in [0, 0.05) is 18.7 Å². The molecule has 6 heteroatoms. The lowest BCUT2D eigenvalue weighted by molar-refractivity contribution is 0.0711. The standard InChI is InChI=1S/C18H22N2O4/c1-3-23-18-15(17(21)20-11-5-4-6-12-20)19-16(24-18)13-7-9-14(22-2)10-8-13/h7-10H,3-6,11-12H2,1-2H3. The molecule has 1 fully saturated rings. The summed E-state index contributed by atoms with van der Waals surface area (Å²) in [7, 11) is 1.61. The number of oxazole rings is 1. The predicted octanol–water partition coefficient (Wildman–Crippen LogP) is 3.38. The summed E-state index contributed by atoms with van der Waals surface area (Å²) in [5.74, 6) is 1.20. The Morgan fingerprint density at radius 3 is 2.54 bits per heavy atom. The van der Waals surface area contributed by atoms with Crippen molar-refractivity contribution in [1.82, 2.24) is 9.88 Å². The van der Waals surface area contributed by atoms with Crippen molar-refractivity contribution in [3.63, 3.8) is 0 Å². The van der Waals surface area contributed by atoms with Crippen LogP contribution in [0, 0.1) is 0 Å². The van der Waals surface area contributed by atoms with E-state index in [0.29, 0.717) is 12.5 Å². The van der Waals surface area contributed by atoms with Gasteiger partial charge in [-0.1, -0.05) is 0 Å². The maximum atomic E-state index is 12.7. The number of ether oxygens (including phenoxy) is 2. The number of amides is 1. The fourth-order valence-corrected chi connectivity index (χ4v) is 2.77. The van der Waals surface area contributed by atoms with Crippen LogP contribution in [0.4, 0.5) is 0 Å². The Hall–Kier alpha value is -2.50. The molecule has 0 N–H and O–H groups in total. The maximum Gasteiger partial charge on any atom is 0.319 e. The number of hydrogen-bond acceptors (Lipinski definition) is 5. The summed E-state index contributed by atoms with van der Waals surface area (Å²) in [6, 6.07) is 7.34. The van der Waals surface area contributed by atoms with E-state index in [1.54, 1.807) is 7.11 Å². The van der Waals surface area contributed by atoms with Crippen LogP contribution in [-0.2, 0) is 0 Å². The van der Waals surface area contributed by atoms with Crippen molar-refractivity contribution in [2.45, 2.75) is 26.2 Å². The molecule has 2 heterocycles. The van der Waals surface area contributed by atoms with Crippen molar-refractivity contribution in [2.75, 3.05) is 26.8 Å². The van der Waals surface area contributed by atoms with Gasteiger partial charge in [-0.3, -0.25) is 4.79 Å². The molecule has 1 amide bonds. The topological polar surface area (TPSA) is 64.8 Å². The van der Waals surface area contributed by atoms with Gasteiger partial charge in [0.25, 0.3) is 5.91 Å². The highest BCUT2D eigenvalue weighted by Gasteiger charge is 2.27. The number of hydrogen-bond donors (Lipinski definition) is 0. The van der Waals surface area contributed by atoms with E-state index in [-0.39, 0.29) is 17.5 Å². The van der Waals surface area contributed by atoms with Crippen LogP contribution in [0.25, 0.3) is 11.5 Å². The normalized spacial score (nSPS) is 14.5. The summed E-state index contributed by atoms with van der Waals surface area (Å²) in [6.07, 6.45) is 3.22. The van der Waals surface area contributed by atoms with E-state index in [1.807, 2.05) is 36.1 Å². The zero-order valence-electron chi connectivity index (χ0n) is 14.1. The third-order valence-electron chi connectivity index (χ3n) is 4.05. The van der Waals surface area contributed by atoms with Crippen LogP contribution in [0.3, 0.4) is 0 Å². The highest BCUT2D eigenvalue weighted by atomic mass is 16.6. The highest BCUT2D eigenvalue weighted by Crippen LogP contribution is 2.30. The molecule has 1 aromatic heterocycles. The second-order valence-electron chi connectivity index (χ2n) is 5.67. The van der Waals surface area contributed by atoms with Crippen molar-refractivity contribution in [3.05, 3.63) is 30.0 Å². The lowest BCUT2D eigenvalue weighted by atomic mass is 10.1. The van der Waals surface area contributed by atoms with Gasteiger partial charge in [-0.2, -0.15) is 4.98 Å². The molecule has 1 saturated heterocycles. The van der Waals surface area contributed by atoms with E-state index < -0.39 is 0 Å². The second-order valence-corrected chi connectivity index (χ2v) is 5.67. The first-order valence-electron chi connectivity index (χ1n) is 8.30. The number of piperidine rings is 1. The molecular formula is C18H22N2O4. The zero-order valence-corrected chi connectivity index (χ0v) is 14.1. The molecule has 1 aliphatic rings. The third kappa shape index (κ3) is 3.37. The minimum atomic E-state index is -0.123. The van der Waals surface area contributed by atoms with Crippen LogP contribution in [0.15, 0.2) is 28.7 Å². The van der Waals surface area contributed by atoms with Crippen LogP contribution in [0.5, 0.6) is 11.7 Å². The fourth-order valence-electron chi connectivity index (χ4n) is 2.77. The number of nitrogens with zero attached hydrogens (tertiary/aromatic N) is 2. The van der Waals surface area contributed by atoms with Gasteiger partial charge in [-0.05, 0) is 50.5 Å². The summed E-state index contributed by atoms with van der Waals surface area (Å²) < 4.78 is 16.4. The minimum absolute atomic E-state index is 0.123. The largest absolute Gasteiger partial charge is 0.497 e. The molecule has 3 rings (SSSR count). The molecule has 0 radical (unpaired) electrons. The number of likely N-dealkylation sites (tertiary alicyclic amines) is 1. The quantitative estimate of drug-likeness (QED) is 0.841. The predicted molar refractivity (Wildman–Crippen MR) is 89.4 cm³/mol. The Balaban J connectivity index is 1.90. The first kappa shape index (κ1) is 16.4. The van der Waals surface area contributed by atoms with Crippen LogP contribution in [0.2, 0.25) is 0 Å². The van der Waals surface area contributed by atoms with Crippen LogP contribution < -0.4 is 9.47 Å². The number of methoxy groups -OCH3 is 1. The first-order valence-corrected chi connectivity index (χ1v) is 8.30. The average molecular weight is 330 g/mol. The average Bonchev–Trinajstić information content (AvgIpc) is 3.06. The van der Waals surface area contributed by atoms with E-state index in [9.17, 15) is 4.79 Å². The lowest BCUT2D eigenvalue weighted by Crippen LogP contribution is -2.36. The van der Waals surface area contributed by atoms with Gasteiger partial charge in [0.2, 0.25) is 11.6 Å². The Morgan fingerprint density at radius 1 is 1.21 bits per heavy atom. The molecule has 0 bridgehead atoms. The van der Waals surface area contributed by atoms with Crippen LogP contribution >= 0.6 is 0 Å². The molecular weight excluding hydrogens is 308 g/mol. The molecule has 128 valence electrons.